The third-order valence-electron chi connectivity index (χ3n) is 4.16. The van der Waals surface area contributed by atoms with Crippen LogP contribution in [0.5, 0.6) is 0 Å². The molecule has 1 aliphatic carbocycles. The molecule has 0 spiro atoms. The maximum absolute atomic E-state index is 5.82. The predicted octanol–water partition coefficient (Wildman–Crippen LogP) is 2.69. The summed E-state index contributed by atoms with van der Waals surface area (Å²) in [7, 11) is 0. The first kappa shape index (κ1) is 12.7. The van der Waals surface area contributed by atoms with E-state index in [0.717, 1.165) is 27.4 Å². The summed E-state index contributed by atoms with van der Waals surface area (Å²) in [6, 6.07) is 0.514. The molecule has 3 aliphatic rings. The molecule has 3 N–H and O–H groups in total. The Morgan fingerprint density at radius 3 is 2.95 bits per heavy atom. The molecular weight excluding hydrogens is 256 g/mol. The highest BCUT2D eigenvalue weighted by Gasteiger charge is 2.38. The van der Waals surface area contributed by atoms with Gasteiger partial charge in [0, 0.05) is 6.04 Å². The van der Waals surface area contributed by atoms with E-state index in [1.165, 1.54) is 25.7 Å². The average Bonchev–Trinajstić information content (AvgIpc) is 2.93. The highest BCUT2D eigenvalue weighted by molar-refractivity contribution is 8.07. The van der Waals surface area contributed by atoms with E-state index in [9.17, 15) is 0 Å². The summed E-state index contributed by atoms with van der Waals surface area (Å²) in [5, 5.41) is 4.04. The molecule has 2 atom stereocenters. The van der Waals surface area contributed by atoms with Crippen molar-refractivity contribution in [3.8, 4) is 0 Å². The van der Waals surface area contributed by atoms with E-state index in [4.69, 9.17) is 5.73 Å². The number of nitrogens with one attached hydrogen (secondary N) is 1. The molecule has 5 heteroatoms. The van der Waals surface area contributed by atoms with Crippen LogP contribution in [0.3, 0.4) is 0 Å². The summed E-state index contributed by atoms with van der Waals surface area (Å²) < 4.78 is 0. The fourth-order valence-corrected chi connectivity index (χ4v) is 4.10. The van der Waals surface area contributed by atoms with Crippen LogP contribution in [0, 0.1) is 5.92 Å². The zero-order valence-corrected chi connectivity index (χ0v) is 12.1. The van der Waals surface area contributed by atoms with Crippen LogP contribution < -0.4 is 11.1 Å². The van der Waals surface area contributed by atoms with Gasteiger partial charge in [-0.3, -0.25) is 0 Å². The van der Waals surface area contributed by atoms with Gasteiger partial charge in [0.25, 0.3) is 0 Å². The quantitative estimate of drug-likeness (QED) is 0.814. The highest BCUT2D eigenvalue weighted by atomic mass is 32.2. The van der Waals surface area contributed by atoms with Crippen LogP contribution in [0.15, 0.2) is 39.6 Å². The monoisotopic (exact) mass is 276 g/mol. The number of nitrogens with two attached hydrogens (primary N) is 1. The van der Waals surface area contributed by atoms with Gasteiger partial charge in [-0.15, -0.1) is 0 Å². The van der Waals surface area contributed by atoms with Gasteiger partial charge in [0.2, 0.25) is 0 Å². The molecule has 0 aromatic carbocycles. The van der Waals surface area contributed by atoms with E-state index >= 15 is 0 Å². The third kappa shape index (κ3) is 2.06. The zero-order valence-electron chi connectivity index (χ0n) is 11.3. The van der Waals surface area contributed by atoms with Crippen molar-refractivity contribution in [1.29, 1.82) is 0 Å². The van der Waals surface area contributed by atoms with Crippen molar-refractivity contribution in [2.45, 2.75) is 38.6 Å². The largest absolute Gasteiger partial charge is 0.369 e. The molecule has 0 amide bonds. The summed E-state index contributed by atoms with van der Waals surface area (Å²) in [5.41, 5.74) is 6.65. The van der Waals surface area contributed by atoms with Crippen LogP contribution in [-0.2, 0) is 0 Å². The molecule has 19 heavy (non-hydrogen) atoms. The Morgan fingerprint density at radius 2 is 2.26 bits per heavy atom. The van der Waals surface area contributed by atoms with Gasteiger partial charge in [0.05, 0.1) is 15.6 Å². The first-order valence-electron chi connectivity index (χ1n) is 6.81. The molecule has 2 unspecified atom stereocenters. The maximum atomic E-state index is 5.82. The molecule has 0 aromatic heterocycles. The molecule has 0 bridgehead atoms. The minimum Gasteiger partial charge on any atom is -0.369 e. The van der Waals surface area contributed by atoms with Gasteiger partial charge in [0.1, 0.15) is 0 Å². The molecule has 102 valence electrons. The fraction of sp³-hybridized carbons (Fsp3) is 0.500. The third-order valence-corrected chi connectivity index (χ3v) is 5.22. The zero-order chi connectivity index (χ0) is 13.6. The normalized spacial score (nSPS) is 30.6. The number of nitrogens with zero attached hydrogens (tertiary/aromatic N) is 2. The van der Waals surface area contributed by atoms with Crippen LogP contribution in [-0.4, -0.2) is 16.9 Å². The maximum Gasteiger partial charge on any atom is 0.199 e. The lowest BCUT2D eigenvalue weighted by atomic mass is 10.1. The lowest BCUT2D eigenvalue weighted by molar-refractivity contribution is 0.326. The van der Waals surface area contributed by atoms with Crippen molar-refractivity contribution in [2.24, 2.45) is 16.6 Å². The Labute approximate surface area is 118 Å². The van der Waals surface area contributed by atoms with Crippen molar-refractivity contribution in [2.75, 3.05) is 0 Å². The number of hydrogen-bond donors (Lipinski definition) is 2. The first-order valence-corrected chi connectivity index (χ1v) is 7.62. The molecule has 1 saturated carbocycles. The van der Waals surface area contributed by atoms with Gasteiger partial charge < -0.3 is 16.0 Å². The van der Waals surface area contributed by atoms with Crippen molar-refractivity contribution >= 4 is 17.7 Å². The molecule has 3 rings (SSSR count). The van der Waals surface area contributed by atoms with Crippen LogP contribution in [0.2, 0.25) is 0 Å². The van der Waals surface area contributed by atoms with E-state index < -0.39 is 0 Å². The Bertz CT molecular complexity index is 506. The topological polar surface area (TPSA) is 53.6 Å². The fourth-order valence-electron chi connectivity index (χ4n) is 3.13. The van der Waals surface area contributed by atoms with Gasteiger partial charge in [0.15, 0.2) is 11.8 Å². The Morgan fingerprint density at radius 1 is 1.47 bits per heavy atom. The predicted molar refractivity (Wildman–Crippen MR) is 80.9 cm³/mol. The van der Waals surface area contributed by atoms with Crippen molar-refractivity contribution in [1.82, 2.24) is 10.2 Å². The molecule has 2 heterocycles. The molecule has 1 fully saturated rings. The van der Waals surface area contributed by atoms with Crippen molar-refractivity contribution < 1.29 is 0 Å². The Kier molecular flexibility index (Phi) is 3.09. The second kappa shape index (κ2) is 4.63. The van der Waals surface area contributed by atoms with Gasteiger partial charge in [-0.2, -0.15) is 4.99 Å². The van der Waals surface area contributed by atoms with E-state index in [1.54, 1.807) is 11.8 Å². The molecule has 0 aromatic rings. The number of hydrogen-bond acceptors (Lipinski definition) is 5. The second-order valence-electron chi connectivity index (χ2n) is 5.36. The van der Waals surface area contributed by atoms with Crippen molar-refractivity contribution in [3.63, 3.8) is 0 Å². The average molecular weight is 276 g/mol. The van der Waals surface area contributed by atoms with E-state index in [2.05, 4.69) is 35.3 Å². The lowest BCUT2D eigenvalue weighted by Crippen LogP contribution is -2.36. The summed E-state index contributed by atoms with van der Waals surface area (Å²) >= 11 is 1.65. The SMILES string of the molecule is C=C1NC(N)=NC2=C1SC(=C)N2C1CCC(CC)C1. The molecule has 0 radical (unpaired) electrons. The van der Waals surface area contributed by atoms with Gasteiger partial charge in [-0.05, 0) is 25.2 Å². The minimum absolute atomic E-state index is 0.425. The Balaban J connectivity index is 1.89. The lowest BCUT2D eigenvalue weighted by Gasteiger charge is -2.28. The first-order chi connectivity index (χ1) is 9.10. The van der Waals surface area contributed by atoms with Gasteiger partial charge in [-0.25, -0.2) is 0 Å². The van der Waals surface area contributed by atoms with Crippen molar-refractivity contribution in [3.05, 3.63) is 34.6 Å². The Hall–Kier alpha value is -1.36. The number of rotatable bonds is 2. The molecule has 4 nitrogen and oxygen atoms in total. The number of aliphatic imine (C=N–C) groups is 1. The van der Waals surface area contributed by atoms with Crippen LogP contribution in [0.4, 0.5) is 0 Å². The number of thioether (sulfide) groups is 1. The second-order valence-corrected chi connectivity index (χ2v) is 6.44. The summed E-state index contributed by atoms with van der Waals surface area (Å²) in [4.78, 5) is 7.81. The van der Waals surface area contributed by atoms with Gasteiger partial charge >= 0.3 is 0 Å². The molecular formula is C14H20N4S. The highest BCUT2D eigenvalue weighted by Crippen LogP contribution is 2.48. The summed E-state index contributed by atoms with van der Waals surface area (Å²) in [6.07, 6.45) is 5.00. The summed E-state index contributed by atoms with van der Waals surface area (Å²) in [6.45, 7) is 10.5. The standard InChI is InChI=1S/C14H20N4S/c1-4-10-5-6-11(7-10)18-9(3)19-12-8(2)16-14(15)17-13(12)18/h10-11H,2-7H2,1H3,(H3,15,16,17). The van der Waals surface area contributed by atoms with E-state index in [-0.39, 0.29) is 0 Å². The molecule has 2 aliphatic heterocycles. The van der Waals surface area contributed by atoms with Gasteiger partial charge in [-0.1, -0.05) is 38.3 Å². The number of guanidine groups is 1. The van der Waals surface area contributed by atoms with E-state index in [0.29, 0.717) is 12.0 Å². The molecule has 0 saturated heterocycles. The van der Waals surface area contributed by atoms with E-state index in [1.807, 2.05) is 0 Å². The summed E-state index contributed by atoms with van der Waals surface area (Å²) in [5.74, 6) is 2.20. The van der Waals surface area contributed by atoms with Crippen LogP contribution in [0.25, 0.3) is 0 Å². The smallest absolute Gasteiger partial charge is 0.199 e. The van der Waals surface area contributed by atoms with Crippen LogP contribution >= 0.6 is 11.8 Å². The minimum atomic E-state index is 0.425. The van der Waals surface area contributed by atoms with Crippen LogP contribution in [0.1, 0.15) is 32.6 Å².